The Balaban J connectivity index is 3.83. The van der Waals surface area contributed by atoms with Gasteiger partial charge in [0.2, 0.25) is 0 Å². The standard InChI is InChI=1S/C13H28O3/c1-5-11(3)13(12(4)6-2)16-10-9-15-8-7-14/h11-14H,5-10H2,1-4H3. The van der Waals surface area contributed by atoms with Gasteiger partial charge in [-0.15, -0.1) is 0 Å². The fourth-order valence-electron chi connectivity index (χ4n) is 1.76. The molecule has 0 aliphatic rings. The molecule has 0 spiro atoms. The molecule has 0 radical (unpaired) electrons. The van der Waals surface area contributed by atoms with E-state index in [1.165, 1.54) is 0 Å². The van der Waals surface area contributed by atoms with Gasteiger partial charge in [0, 0.05) is 0 Å². The lowest BCUT2D eigenvalue weighted by atomic mass is 9.90. The molecule has 0 saturated heterocycles. The third-order valence-corrected chi connectivity index (χ3v) is 3.18. The number of hydrogen-bond donors (Lipinski definition) is 1. The zero-order valence-corrected chi connectivity index (χ0v) is 11.2. The number of ether oxygens (including phenoxy) is 2. The molecule has 0 heterocycles. The highest BCUT2D eigenvalue weighted by atomic mass is 16.5. The summed E-state index contributed by atoms with van der Waals surface area (Å²) in [5.41, 5.74) is 0. The third kappa shape index (κ3) is 6.46. The van der Waals surface area contributed by atoms with Crippen LogP contribution in [-0.4, -0.2) is 37.6 Å². The fourth-order valence-corrected chi connectivity index (χ4v) is 1.76. The number of hydrogen-bond acceptors (Lipinski definition) is 3. The summed E-state index contributed by atoms with van der Waals surface area (Å²) in [6, 6.07) is 0. The maximum atomic E-state index is 8.56. The molecule has 0 aromatic carbocycles. The quantitative estimate of drug-likeness (QED) is 0.588. The van der Waals surface area contributed by atoms with Crippen molar-refractivity contribution in [1.29, 1.82) is 0 Å². The Kier molecular flexibility index (Phi) is 9.99. The second kappa shape index (κ2) is 10.1. The van der Waals surface area contributed by atoms with E-state index >= 15 is 0 Å². The first kappa shape index (κ1) is 15.9. The van der Waals surface area contributed by atoms with Crippen molar-refractivity contribution in [3.05, 3.63) is 0 Å². The molecule has 0 fully saturated rings. The van der Waals surface area contributed by atoms with Crippen LogP contribution in [0.3, 0.4) is 0 Å². The van der Waals surface area contributed by atoms with Crippen LogP contribution in [0.1, 0.15) is 40.5 Å². The lowest BCUT2D eigenvalue weighted by molar-refractivity contribution is -0.0476. The Morgan fingerprint density at radius 2 is 1.50 bits per heavy atom. The average molecular weight is 232 g/mol. The topological polar surface area (TPSA) is 38.7 Å². The van der Waals surface area contributed by atoms with E-state index in [1.807, 2.05) is 0 Å². The Morgan fingerprint density at radius 3 is 1.94 bits per heavy atom. The van der Waals surface area contributed by atoms with Crippen molar-refractivity contribution in [2.75, 3.05) is 26.4 Å². The molecule has 0 aliphatic heterocycles. The van der Waals surface area contributed by atoms with E-state index in [0.717, 1.165) is 12.8 Å². The first-order valence-corrected chi connectivity index (χ1v) is 6.47. The largest absolute Gasteiger partial charge is 0.394 e. The number of aliphatic hydroxyl groups excluding tert-OH is 1. The van der Waals surface area contributed by atoms with Gasteiger partial charge >= 0.3 is 0 Å². The predicted octanol–water partition coefficient (Wildman–Crippen LogP) is 2.47. The van der Waals surface area contributed by atoms with Crippen LogP contribution in [-0.2, 0) is 9.47 Å². The van der Waals surface area contributed by atoms with E-state index < -0.39 is 0 Å². The molecule has 0 aromatic heterocycles. The minimum absolute atomic E-state index is 0.0835. The second-order valence-corrected chi connectivity index (χ2v) is 4.44. The van der Waals surface area contributed by atoms with Gasteiger partial charge in [-0.2, -0.15) is 0 Å². The first-order valence-electron chi connectivity index (χ1n) is 6.47. The van der Waals surface area contributed by atoms with Crippen LogP contribution in [0.2, 0.25) is 0 Å². The van der Waals surface area contributed by atoms with E-state index in [-0.39, 0.29) is 6.61 Å². The second-order valence-electron chi connectivity index (χ2n) is 4.44. The predicted molar refractivity (Wildman–Crippen MR) is 66.6 cm³/mol. The molecule has 3 nitrogen and oxygen atoms in total. The highest BCUT2D eigenvalue weighted by molar-refractivity contribution is 4.71. The normalized spacial score (nSPS) is 17.1. The summed E-state index contributed by atoms with van der Waals surface area (Å²) in [5, 5.41) is 8.56. The molecule has 2 atom stereocenters. The van der Waals surface area contributed by atoms with Crippen LogP contribution in [0.25, 0.3) is 0 Å². The Morgan fingerprint density at radius 1 is 0.938 bits per heavy atom. The zero-order chi connectivity index (χ0) is 12.4. The van der Waals surface area contributed by atoms with E-state index in [9.17, 15) is 0 Å². The summed E-state index contributed by atoms with van der Waals surface area (Å²) < 4.78 is 11.1. The molecule has 2 unspecified atom stereocenters. The van der Waals surface area contributed by atoms with Crippen LogP contribution < -0.4 is 0 Å². The SMILES string of the molecule is CCC(C)C(OCCOCCO)C(C)CC. The monoisotopic (exact) mass is 232 g/mol. The van der Waals surface area contributed by atoms with Crippen molar-refractivity contribution in [1.82, 2.24) is 0 Å². The van der Waals surface area contributed by atoms with Gasteiger partial charge in [0.05, 0.1) is 32.5 Å². The molecular formula is C13H28O3. The van der Waals surface area contributed by atoms with Gasteiger partial charge < -0.3 is 14.6 Å². The summed E-state index contributed by atoms with van der Waals surface area (Å²) >= 11 is 0. The van der Waals surface area contributed by atoms with E-state index in [2.05, 4.69) is 27.7 Å². The van der Waals surface area contributed by atoms with Crippen molar-refractivity contribution < 1.29 is 14.6 Å². The van der Waals surface area contributed by atoms with Gasteiger partial charge in [-0.3, -0.25) is 0 Å². The average Bonchev–Trinajstić information content (AvgIpc) is 2.32. The van der Waals surface area contributed by atoms with Crippen LogP contribution in [0, 0.1) is 11.8 Å². The van der Waals surface area contributed by atoms with Crippen molar-refractivity contribution >= 4 is 0 Å². The van der Waals surface area contributed by atoms with E-state index in [0.29, 0.717) is 37.8 Å². The maximum Gasteiger partial charge on any atom is 0.0704 e. The minimum Gasteiger partial charge on any atom is -0.394 e. The van der Waals surface area contributed by atoms with Gasteiger partial charge in [0.15, 0.2) is 0 Å². The van der Waals surface area contributed by atoms with E-state index in [1.54, 1.807) is 0 Å². The number of rotatable bonds is 10. The summed E-state index contributed by atoms with van der Waals surface area (Å²) in [5.74, 6) is 1.18. The van der Waals surface area contributed by atoms with Gasteiger partial charge in [0.25, 0.3) is 0 Å². The lowest BCUT2D eigenvalue weighted by Gasteiger charge is -2.28. The molecule has 0 aliphatic carbocycles. The molecule has 0 bridgehead atoms. The summed E-state index contributed by atoms with van der Waals surface area (Å²) in [4.78, 5) is 0. The zero-order valence-electron chi connectivity index (χ0n) is 11.2. The number of aliphatic hydroxyl groups is 1. The molecule has 0 saturated carbocycles. The Bertz CT molecular complexity index is 140. The smallest absolute Gasteiger partial charge is 0.0704 e. The van der Waals surface area contributed by atoms with Gasteiger partial charge in [-0.05, 0) is 11.8 Å². The fraction of sp³-hybridized carbons (Fsp3) is 1.00. The van der Waals surface area contributed by atoms with Crippen LogP contribution in [0.5, 0.6) is 0 Å². The molecule has 1 N–H and O–H groups in total. The van der Waals surface area contributed by atoms with Gasteiger partial charge in [0.1, 0.15) is 0 Å². The molecular weight excluding hydrogens is 204 g/mol. The Hall–Kier alpha value is -0.120. The highest BCUT2D eigenvalue weighted by Crippen LogP contribution is 2.21. The molecule has 3 heteroatoms. The molecule has 16 heavy (non-hydrogen) atoms. The molecule has 98 valence electrons. The molecule has 0 aromatic rings. The molecule has 0 amide bonds. The minimum atomic E-state index is 0.0835. The van der Waals surface area contributed by atoms with Crippen molar-refractivity contribution in [3.63, 3.8) is 0 Å². The first-order chi connectivity index (χ1) is 7.67. The van der Waals surface area contributed by atoms with Crippen molar-refractivity contribution in [3.8, 4) is 0 Å². The van der Waals surface area contributed by atoms with Gasteiger partial charge in [-0.1, -0.05) is 40.5 Å². The van der Waals surface area contributed by atoms with Crippen LogP contribution in [0.4, 0.5) is 0 Å². The summed E-state index contributed by atoms with van der Waals surface area (Å²) in [7, 11) is 0. The van der Waals surface area contributed by atoms with E-state index in [4.69, 9.17) is 14.6 Å². The van der Waals surface area contributed by atoms with Crippen LogP contribution >= 0.6 is 0 Å². The highest BCUT2D eigenvalue weighted by Gasteiger charge is 2.21. The van der Waals surface area contributed by atoms with Crippen molar-refractivity contribution in [2.24, 2.45) is 11.8 Å². The maximum absolute atomic E-state index is 8.56. The Labute approximate surface area is 100 Å². The molecule has 0 rings (SSSR count). The summed E-state index contributed by atoms with van der Waals surface area (Å²) in [6.45, 7) is 10.6. The summed E-state index contributed by atoms with van der Waals surface area (Å²) in [6.07, 6.45) is 2.62. The third-order valence-electron chi connectivity index (χ3n) is 3.18. The van der Waals surface area contributed by atoms with Crippen molar-refractivity contribution in [2.45, 2.75) is 46.6 Å². The van der Waals surface area contributed by atoms with Gasteiger partial charge in [-0.25, -0.2) is 0 Å². The van der Waals surface area contributed by atoms with Crippen LogP contribution in [0.15, 0.2) is 0 Å². The lowest BCUT2D eigenvalue weighted by Crippen LogP contribution is -2.30.